The second-order valence-corrected chi connectivity index (χ2v) is 9.77. The van der Waals surface area contributed by atoms with E-state index in [2.05, 4.69) is 62.1 Å². The first kappa shape index (κ1) is 23.4. The van der Waals surface area contributed by atoms with Gasteiger partial charge in [0.1, 0.15) is 5.75 Å². The highest BCUT2D eigenvalue weighted by molar-refractivity contribution is 6.99. The van der Waals surface area contributed by atoms with Gasteiger partial charge >= 0.3 is 0 Å². The highest BCUT2D eigenvalue weighted by atomic mass is 32.1. The van der Waals surface area contributed by atoms with Gasteiger partial charge in [-0.05, 0) is 61.3 Å². The van der Waals surface area contributed by atoms with E-state index in [-0.39, 0.29) is 5.91 Å². The Morgan fingerprint density at radius 2 is 2.03 bits per heavy atom. The maximum atomic E-state index is 12.6. The fourth-order valence-corrected chi connectivity index (χ4v) is 5.06. The van der Waals surface area contributed by atoms with E-state index >= 15 is 0 Å². The lowest BCUT2D eigenvalue weighted by molar-refractivity contribution is 0.0628. The fourth-order valence-electron chi connectivity index (χ4n) is 4.66. The third-order valence-corrected chi connectivity index (χ3v) is 6.82. The van der Waals surface area contributed by atoms with Crippen LogP contribution in [0.15, 0.2) is 67.0 Å². The van der Waals surface area contributed by atoms with Crippen LogP contribution in [-0.2, 0) is 13.1 Å². The lowest BCUT2D eigenvalue weighted by atomic mass is 9.98. The lowest BCUT2D eigenvalue weighted by Crippen LogP contribution is -2.41. The van der Waals surface area contributed by atoms with Crippen LogP contribution in [-0.4, -0.2) is 56.2 Å². The summed E-state index contributed by atoms with van der Waals surface area (Å²) in [4.78, 5) is 21.2. The molecule has 4 aromatic rings. The molecule has 1 atom stereocenters. The van der Waals surface area contributed by atoms with Gasteiger partial charge in [-0.1, -0.05) is 24.3 Å². The Balaban J connectivity index is 1.14. The zero-order valence-electron chi connectivity index (χ0n) is 19.8. The van der Waals surface area contributed by atoms with Crippen LogP contribution in [0.1, 0.15) is 34.5 Å². The van der Waals surface area contributed by atoms with Crippen molar-refractivity contribution in [2.45, 2.75) is 25.9 Å². The molecule has 1 aliphatic rings. The molecule has 1 unspecified atom stereocenters. The predicted octanol–water partition coefficient (Wildman–Crippen LogP) is 4.65. The number of piperidine rings is 1. The molecule has 0 spiro atoms. The summed E-state index contributed by atoms with van der Waals surface area (Å²) in [6.45, 7) is 3.75. The molecule has 0 N–H and O–H groups in total. The molecule has 2 aromatic carbocycles. The van der Waals surface area contributed by atoms with Crippen molar-refractivity contribution in [2.75, 3.05) is 26.7 Å². The number of nitrogens with zero attached hydrogens (tertiary/aromatic N) is 5. The average Bonchev–Trinajstić information content (AvgIpc) is 3.42. The monoisotopic (exact) mass is 487 g/mol. The zero-order chi connectivity index (χ0) is 24.0. The zero-order valence-corrected chi connectivity index (χ0v) is 20.7. The van der Waals surface area contributed by atoms with E-state index in [1.165, 1.54) is 16.5 Å². The molecule has 2 aromatic heterocycles. The smallest absolute Gasteiger partial charge is 0.275 e. The van der Waals surface area contributed by atoms with Gasteiger partial charge in [-0.3, -0.25) is 14.7 Å². The van der Waals surface area contributed by atoms with E-state index in [0.717, 1.165) is 55.5 Å². The summed E-state index contributed by atoms with van der Waals surface area (Å²) in [7, 11) is 2.13. The number of hydrogen-bond acceptors (Lipinski definition) is 7. The van der Waals surface area contributed by atoms with Crippen LogP contribution >= 0.6 is 11.7 Å². The summed E-state index contributed by atoms with van der Waals surface area (Å²) in [5, 5.41) is 1.17. The second kappa shape index (κ2) is 10.9. The minimum atomic E-state index is -0.0313. The van der Waals surface area contributed by atoms with Crippen LogP contribution in [0.25, 0.3) is 10.9 Å². The average molecular weight is 488 g/mol. The van der Waals surface area contributed by atoms with Crippen LogP contribution in [0, 0.1) is 5.92 Å². The number of carbonyl (C=O) groups excluding carboxylic acids is 1. The van der Waals surface area contributed by atoms with E-state index in [1.807, 2.05) is 29.3 Å². The molecule has 0 bridgehead atoms. The number of rotatable bonds is 8. The van der Waals surface area contributed by atoms with Gasteiger partial charge < -0.3 is 9.64 Å². The number of carbonyl (C=O) groups is 1. The van der Waals surface area contributed by atoms with Gasteiger partial charge in [-0.15, -0.1) is 0 Å². The Labute approximate surface area is 209 Å². The van der Waals surface area contributed by atoms with Gasteiger partial charge in [0.25, 0.3) is 5.91 Å². The molecular weight excluding hydrogens is 458 g/mol. The first-order valence-electron chi connectivity index (χ1n) is 11.9. The van der Waals surface area contributed by atoms with Crippen LogP contribution in [0.2, 0.25) is 0 Å². The number of pyridine rings is 1. The van der Waals surface area contributed by atoms with Gasteiger partial charge in [-0.25, -0.2) is 0 Å². The normalized spacial score (nSPS) is 16.1. The molecule has 3 heterocycles. The number of hydrogen-bond donors (Lipinski definition) is 0. The maximum Gasteiger partial charge on any atom is 0.275 e. The molecule has 5 rings (SSSR count). The Morgan fingerprint density at radius 3 is 2.89 bits per heavy atom. The molecule has 1 fully saturated rings. The number of aromatic nitrogens is 3. The number of benzene rings is 2. The maximum absolute atomic E-state index is 12.6. The first-order chi connectivity index (χ1) is 17.1. The minimum Gasteiger partial charge on any atom is -0.493 e. The molecule has 180 valence electrons. The summed E-state index contributed by atoms with van der Waals surface area (Å²) >= 11 is 1.07. The van der Waals surface area contributed by atoms with E-state index in [9.17, 15) is 4.79 Å². The molecule has 1 saturated heterocycles. The molecule has 8 heteroatoms. The third-order valence-electron chi connectivity index (χ3n) is 6.34. The Hall–Kier alpha value is -3.36. The van der Waals surface area contributed by atoms with Crippen molar-refractivity contribution in [2.24, 2.45) is 5.92 Å². The molecule has 35 heavy (non-hydrogen) atoms. The molecule has 0 radical (unpaired) electrons. The highest BCUT2D eigenvalue weighted by Crippen LogP contribution is 2.22. The van der Waals surface area contributed by atoms with Crippen LogP contribution in [0.5, 0.6) is 5.75 Å². The van der Waals surface area contributed by atoms with Gasteiger partial charge in [0.05, 0.1) is 30.0 Å². The molecule has 0 aliphatic carbocycles. The lowest BCUT2D eigenvalue weighted by Gasteiger charge is -2.32. The van der Waals surface area contributed by atoms with E-state index in [1.54, 1.807) is 6.20 Å². The van der Waals surface area contributed by atoms with Crippen LogP contribution < -0.4 is 4.74 Å². The molecule has 0 saturated carbocycles. The van der Waals surface area contributed by atoms with Crippen molar-refractivity contribution in [1.29, 1.82) is 0 Å². The topological polar surface area (TPSA) is 71.5 Å². The predicted molar refractivity (Wildman–Crippen MR) is 137 cm³/mol. The quantitative estimate of drug-likeness (QED) is 0.360. The number of amides is 1. The van der Waals surface area contributed by atoms with Crippen molar-refractivity contribution in [3.63, 3.8) is 0 Å². The van der Waals surface area contributed by atoms with Gasteiger partial charge in [0.2, 0.25) is 0 Å². The fraction of sp³-hybridized carbons (Fsp3) is 0.333. The summed E-state index contributed by atoms with van der Waals surface area (Å²) in [6.07, 6.45) is 5.41. The second-order valence-electron chi connectivity index (χ2n) is 9.21. The highest BCUT2D eigenvalue weighted by Gasteiger charge is 2.26. The standard InChI is InChI=1S/C27H29N5O2S/c1-31(17-21-9-10-25-23(13-21)7-3-11-28-25)16-20-5-2-8-24(14-20)34-19-22-6-4-12-32(18-22)27(33)26-15-29-35-30-26/h2-3,5,7-11,13-15,22H,4,6,12,16-19H2,1H3. The van der Waals surface area contributed by atoms with Gasteiger partial charge in [0.15, 0.2) is 5.69 Å². The Bertz CT molecular complexity index is 1280. The van der Waals surface area contributed by atoms with Crippen molar-refractivity contribution in [3.05, 3.63) is 83.8 Å². The van der Waals surface area contributed by atoms with Crippen molar-refractivity contribution in [1.82, 2.24) is 23.5 Å². The van der Waals surface area contributed by atoms with Crippen molar-refractivity contribution < 1.29 is 9.53 Å². The summed E-state index contributed by atoms with van der Waals surface area (Å²) in [6, 6.07) is 18.8. The first-order valence-corrected chi connectivity index (χ1v) is 12.7. The Kier molecular flexibility index (Phi) is 7.30. The molecular formula is C27H29N5O2S. The van der Waals surface area contributed by atoms with E-state index in [4.69, 9.17) is 4.74 Å². The third kappa shape index (κ3) is 6.01. The minimum absolute atomic E-state index is 0.0313. The van der Waals surface area contributed by atoms with Gasteiger partial charge in [0, 0.05) is 43.7 Å². The van der Waals surface area contributed by atoms with Crippen molar-refractivity contribution in [3.8, 4) is 5.75 Å². The molecule has 1 amide bonds. The summed E-state index contributed by atoms with van der Waals surface area (Å²) in [5.41, 5.74) is 3.94. The van der Waals surface area contributed by atoms with E-state index in [0.29, 0.717) is 24.8 Å². The van der Waals surface area contributed by atoms with Crippen molar-refractivity contribution >= 4 is 28.5 Å². The Morgan fingerprint density at radius 1 is 1.14 bits per heavy atom. The van der Waals surface area contributed by atoms with E-state index < -0.39 is 0 Å². The number of ether oxygens (including phenoxy) is 1. The summed E-state index contributed by atoms with van der Waals surface area (Å²) < 4.78 is 14.2. The van der Waals surface area contributed by atoms with Gasteiger partial charge in [-0.2, -0.15) is 8.75 Å². The van der Waals surface area contributed by atoms with Crippen LogP contribution in [0.4, 0.5) is 0 Å². The SMILES string of the molecule is CN(Cc1cccc(OCC2CCCN(C(=O)c3cnsn3)C2)c1)Cc1ccc2ncccc2c1. The molecule has 1 aliphatic heterocycles. The number of fused-ring (bicyclic) bond motifs is 1. The summed E-state index contributed by atoms with van der Waals surface area (Å²) in [5.74, 6) is 1.16. The molecule has 7 nitrogen and oxygen atoms in total. The largest absolute Gasteiger partial charge is 0.493 e. The van der Waals surface area contributed by atoms with Crippen LogP contribution in [0.3, 0.4) is 0 Å². The number of likely N-dealkylation sites (tertiary alicyclic amines) is 1.